The first-order chi connectivity index (χ1) is 8.83. The van der Waals surface area contributed by atoms with Gasteiger partial charge in [0.2, 0.25) is 5.95 Å². The lowest BCUT2D eigenvalue weighted by molar-refractivity contribution is 0.380. The lowest BCUT2D eigenvalue weighted by atomic mass is 9.89. The Kier molecular flexibility index (Phi) is 3.41. The fourth-order valence-corrected chi connectivity index (χ4v) is 3.03. The van der Waals surface area contributed by atoms with Crippen LogP contribution in [-0.4, -0.2) is 21.9 Å². The van der Waals surface area contributed by atoms with Gasteiger partial charge in [-0.15, -0.1) is 11.6 Å². The molecule has 1 aromatic carbocycles. The summed E-state index contributed by atoms with van der Waals surface area (Å²) in [5.74, 6) is 1.42. The van der Waals surface area contributed by atoms with Crippen LogP contribution in [0.2, 0.25) is 0 Å². The SMILES string of the molecule is ClC1CCCCC1CNc1nc2ccccc2[nH]1. The summed E-state index contributed by atoms with van der Waals surface area (Å²) >= 11 is 6.36. The van der Waals surface area contributed by atoms with Crippen molar-refractivity contribution in [1.82, 2.24) is 9.97 Å². The van der Waals surface area contributed by atoms with E-state index in [0.717, 1.165) is 29.9 Å². The zero-order chi connectivity index (χ0) is 12.4. The fourth-order valence-electron chi connectivity index (χ4n) is 2.66. The average Bonchev–Trinajstić information content (AvgIpc) is 2.80. The van der Waals surface area contributed by atoms with Crippen LogP contribution in [0.25, 0.3) is 11.0 Å². The number of hydrogen-bond acceptors (Lipinski definition) is 2. The monoisotopic (exact) mass is 263 g/mol. The van der Waals surface area contributed by atoms with Gasteiger partial charge in [-0.1, -0.05) is 25.0 Å². The van der Waals surface area contributed by atoms with E-state index in [1.165, 1.54) is 19.3 Å². The minimum Gasteiger partial charge on any atom is -0.355 e. The largest absolute Gasteiger partial charge is 0.355 e. The van der Waals surface area contributed by atoms with Crippen LogP contribution < -0.4 is 5.32 Å². The molecule has 0 radical (unpaired) electrons. The molecule has 0 bridgehead atoms. The van der Waals surface area contributed by atoms with Crippen molar-refractivity contribution in [3.63, 3.8) is 0 Å². The minimum atomic E-state index is 0.315. The van der Waals surface area contributed by atoms with Crippen molar-refractivity contribution in [3.05, 3.63) is 24.3 Å². The molecule has 1 heterocycles. The maximum atomic E-state index is 6.36. The lowest BCUT2D eigenvalue weighted by Gasteiger charge is -2.26. The van der Waals surface area contributed by atoms with E-state index >= 15 is 0 Å². The van der Waals surface area contributed by atoms with E-state index in [1.54, 1.807) is 0 Å². The summed E-state index contributed by atoms with van der Waals surface area (Å²) in [6.07, 6.45) is 4.94. The molecule has 18 heavy (non-hydrogen) atoms. The Balaban J connectivity index is 1.65. The highest BCUT2D eigenvalue weighted by Gasteiger charge is 2.22. The Hall–Kier alpha value is -1.22. The molecule has 3 rings (SSSR count). The Labute approximate surface area is 112 Å². The topological polar surface area (TPSA) is 40.7 Å². The van der Waals surface area contributed by atoms with E-state index in [9.17, 15) is 0 Å². The van der Waals surface area contributed by atoms with Crippen molar-refractivity contribution in [1.29, 1.82) is 0 Å². The predicted molar refractivity (Wildman–Crippen MR) is 76.2 cm³/mol. The van der Waals surface area contributed by atoms with Crippen LogP contribution in [0, 0.1) is 5.92 Å². The number of nitrogens with zero attached hydrogens (tertiary/aromatic N) is 1. The second kappa shape index (κ2) is 5.19. The zero-order valence-corrected chi connectivity index (χ0v) is 11.1. The number of rotatable bonds is 3. The number of benzene rings is 1. The summed E-state index contributed by atoms with van der Waals surface area (Å²) in [5, 5.41) is 3.70. The Bertz CT molecular complexity index is 489. The second-order valence-electron chi connectivity index (χ2n) is 5.04. The van der Waals surface area contributed by atoms with Gasteiger partial charge in [0.1, 0.15) is 0 Å². The molecule has 0 saturated heterocycles. The molecule has 3 nitrogen and oxygen atoms in total. The molecule has 1 fully saturated rings. The summed E-state index contributed by atoms with van der Waals surface area (Å²) in [4.78, 5) is 7.80. The van der Waals surface area contributed by atoms with Gasteiger partial charge in [-0.3, -0.25) is 0 Å². The zero-order valence-electron chi connectivity index (χ0n) is 10.3. The second-order valence-corrected chi connectivity index (χ2v) is 5.60. The molecule has 1 aliphatic carbocycles. The highest BCUT2D eigenvalue weighted by atomic mass is 35.5. The smallest absolute Gasteiger partial charge is 0.201 e. The average molecular weight is 264 g/mol. The van der Waals surface area contributed by atoms with Gasteiger partial charge in [0.25, 0.3) is 0 Å². The van der Waals surface area contributed by atoms with Gasteiger partial charge in [-0.25, -0.2) is 4.98 Å². The molecule has 0 aliphatic heterocycles. The third kappa shape index (κ3) is 2.46. The molecule has 4 heteroatoms. The Morgan fingerprint density at radius 3 is 2.94 bits per heavy atom. The maximum absolute atomic E-state index is 6.36. The number of aromatic nitrogens is 2. The number of para-hydroxylation sites is 2. The van der Waals surface area contributed by atoms with E-state index in [-0.39, 0.29) is 0 Å². The van der Waals surface area contributed by atoms with Crippen molar-refractivity contribution >= 4 is 28.6 Å². The van der Waals surface area contributed by atoms with E-state index in [4.69, 9.17) is 11.6 Å². The number of alkyl halides is 1. The van der Waals surface area contributed by atoms with Crippen LogP contribution in [0.1, 0.15) is 25.7 Å². The molecule has 96 valence electrons. The summed E-state index contributed by atoms with van der Waals surface area (Å²) in [5.41, 5.74) is 2.08. The van der Waals surface area contributed by atoms with Gasteiger partial charge in [0, 0.05) is 11.9 Å². The minimum absolute atomic E-state index is 0.315. The highest BCUT2D eigenvalue weighted by molar-refractivity contribution is 6.20. The first kappa shape index (κ1) is 11.8. The number of anilines is 1. The normalized spacial score (nSPS) is 24.3. The van der Waals surface area contributed by atoms with E-state index in [0.29, 0.717) is 11.3 Å². The predicted octanol–water partition coefficient (Wildman–Crippen LogP) is 3.77. The van der Waals surface area contributed by atoms with Gasteiger partial charge in [-0.2, -0.15) is 0 Å². The molecule has 2 unspecified atom stereocenters. The summed E-state index contributed by atoms with van der Waals surface area (Å²) < 4.78 is 0. The molecule has 1 aromatic heterocycles. The number of fused-ring (bicyclic) bond motifs is 1. The van der Waals surface area contributed by atoms with E-state index in [1.807, 2.05) is 24.3 Å². The van der Waals surface area contributed by atoms with Crippen LogP contribution in [0.4, 0.5) is 5.95 Å². The summed E-state index contributed by atoms with van der Waals surface area (Å²) in [6.45, 7) is 0.911. The molecular weight excluding hydrogens is 246 g/mol. The molecule has 0 spiro atoms. The van der Waals surface area contributed by atoms with Gasteiger partial charge >= 0.3 is 0 Å². The first-order valence-corrected chi connectivity index (χ1v) is 7.09. The van der Waals surface area contributed by atoms with Crippen molar-refractivity contribution in [2.24, 2.45) is 5.92 Å². The van der Waals surface area contributed by atoms with Crippen LogP contribution in [0.15, 0.2) is 24.3 Å². The molecule has 2 aromatic rings. The molecule has 1 aliphatic rings. The van der Waals surface area contributed by atoms with Crippen molar-refractivity contribution < 1.29 is 0 Å². The summed E-state index contributed by atoms with van der Waals surface area (Å²) in [7, 11) is 0. The maximum Gasteiger partial charge on any atom is 0.201 e. The van der Waals surface area contributed by atoms with Crippen LogP contribution in [0.3, 0.4) is 0 Å². The quantitative estimate of drug-likeness (QED) is 0.828. The standard InChI is InChI=1S/C14H18ClN3/c15-11-6-2-1-5-10(11)9-16-14-17-12-7-3-4-8-13(12)18-14/h3-4,7-8,10-11H,1-2,5-6,9H2,(H2,16,17,18). The molecule has 0 amide bonds. The highest BCUT2D eigenvalue weighted by Crippen LogP contribution is 2.28. The van der Waals surface area contributed by atoms with Crippen LogP contribution >= 0.6 is 11.6 Å². The van der Waals surface area contributed by atoms with Gasteiger partial charge < -0.3 is 10.3 Å². The van der Waals surface area contributed by atoms with Gasteiger partial charge in [-0.05, 0) is 30.9 Å². The van der Waals surface area contributed by atoms with Gasteiger partial charge in [0.05, 0.1) is 11.0 Å². The van der Waals surface area contributed by atoms with Crippen LogP contribution in [-0.2, 0) is 0 Å². The Morgan fingerprint density at radius 1 is 1.28 bits per heavy atom. The van der Waals surface area contributed by atoms with Gasteiger partial charge in [0.15, 0.2) is 0 Å². The van der Waals surface area contributed by atoms with E-state index in [2.05, 4.69) is 15.3 Å². The molecule has 2 N–H and O–H groups in total. The van der Waals surface area contributed by atoms with Crippen molar-refractivity contribution in [2.45, 2.75) is 31.1 Å². The third-order valence-electron chi connectivity index (χ3n) is 3.74. The fraction of sp³-hybridized carbons (Fsp3) is 0.500. The van der Waals surface area contributed by atoms with Crippen LogP contribution in [0.5, 0.6) is 0 Å². The van der Waals surface area contributed by atoms with Crippen molar-refractivity contribution in [2.75, 3.05) is 11.9 Å². The number of nitrogens with one attached hydrogen (secondary N) is 2. The summed E-state index contributed by atoms with van der Waals surface area (Å²) in [6, 6.07) is 8.07. The van der Waals surface area contributed by atoms with Crippen molar-refractivity contribution in [3.8, 4) is 0 Å². The number of imidazole rings is 1. The first-order valence-electron chi connectivity index (χ1n) is 6.65. The molecule has 1 saturated carbocycles. The number of aromatic amines is 1. The number of hydrogen-bond donors (Lipinski definition) is 2. The third-order valence-corrected chi connectivity index (χ3v) is 4.31. The van der Waals surface area contributed by atoms with E-state index < -0.39 is 0 Å². The lowest BCUT2D eigenvalue weighted by Crippen LogP contribution is -2.26. The number of H-pyrrole nitrogens is 1. The molecule has 2 atom stereocenters. The molecular formula is C14H18ClN3. The number of halogens is 1. The Morgan fingerprint density at radius 2 is 2.11 bits per heavy atom.